The van der Waals surface area contributed by atoms with Gasteiger partial charge in [-0.2, -0.15) is 0 Å². The number of aryl methyl sites for hydroxylation is 1. The molecule has 0 spiro atoms. The predicted octanol–water partition coefficient (Wildman–Crippen LogP) is 3.59. The van der Waals surface area contributed by atoms with Crippen LogP contribution < -0.4 is 20.7 Å². The van der Waals surface area contributed by atoms with Crippen molar-refractivity contribution in [3.8, 4) is 5.75 Å². The van der Waals surface area contributed by atoms with Crippen molar-refractivity contribution < 1.29 is 14.3 Å². The topological polar surface area (TPSA) is 84.0 Å². The van der Waals surface area contributed by atoms with E-state index in [0.717, 1.165) is 35.8 Å². The summed E-state index contributed by atoms with van der Waals surface area (Å²) < 4.78 is 10.5. The number of nitrogens with zero attached hydrogens (tertiary/aromatic N) is 1. The van der Waals surface area contributed by atoms with Crippen LogP contribution in [0.25, 0.3) is 0 Å². The second-order valence-electron chi connectivity index (χ2n) is 7.21. The first kappa shape index (κ1) is 26.3. The number of nitrogens with one attached hydrogen (secondary N) is 3. The summed E-state index contributed by atoms with van der Waals surface area (Å²) in [5.41, 5.74) is 1.74. The zero-order valence-corrected chi connectivity index (χ0v) is 20.2. The van der Waals surface area contributed by atoms with Gasteiger partial charge < -0.3 is 25.4 Å². The first-order chi connectivity index (χ1) is 12.7. The van der Waals surface area contributed by atoms with E-state index in [-0.39, 0.29) is 24.0 Å². The average Bonchev–Trinajstić information content (AvgIpc) is 2.57. The fourth-order valence-electron chi connectivity index (χ4n) is 2.35. The number of alkyl carbamates (subject to hydrolysis) is 1. The Morgan fingerprint density at radius 3 is 2.39 bits per heavy atom. The van der Waals surface area contributed by atoms with Crippen LogP contribution in [0.4, 0.5) is 4.79 Å². The minimum Gasteiger partial charge on any atom is -0.496 e. The van der Waals surface area contributed by atoms with E-state index in [1.54, 1.807) is 7.11 Å². The summed E-state index contributed by atoms with van der Waals surface area (Å²) in [7, 11) is 1.67. The summed E-state index contributed by atoms with van der Waals surface area (Å²) in [5.74, 6) is 1.63. The van der Waals surface area contributed by atoms with Gasteiger partial charge in [-0.05, 0) is 58.2 Å². The Kier molecular flexibility index (Phi) is 12.6. The highest BCUT2D eigenvalue weighted by atomic mass is 127. The number of benzene rings is 1. The largest absolute Gasteiger partial charge is 0.496 e. The van der Waals surface area contributed by atoms with Crippen molar-refractivity contribution >= 4 is 36.0 Å². The third-order valence-corrected chi connectivity index (χ3v) is 3.54. The molecule has 28 heavy (non-hydrogen) atoms. The lowest BCUT2D eigenvalue weighted by Gasteiger charge is -2.19. The molecule has 0 fully saturated rings. The SMILES string of the molecule is CCNC(=NCc1ccc(OC)c(C)c1)NCCCNC(=O)OC(C)(C)C.I. The van der Waals surface area contributed by atoms with E-state index in [1.807, 2.05) is 46.8 Å². The van der Waals surface area contributed by atoms with Crippen LogP contribution in [0.1, 0.15) is 45.2 Å². The number of hydrogen-bond acceptors (Lipinski definition) is 4. The number of carbonyl (C=O) groups excluding carboxylic acids is 1. The van der Waals surface area contributed by atoms with Gasteiger partial charge in [0.25, 0.3) is 0 Å². The lowest BCUT2D eigenvalue weighted by atomic mass is 10.1. The van der Waals surface area contributed by atoms with Gasteiger partial charge in [0.2, 0.25) is 0 Å². The highest BCUT2D eigenvalue weighted by Gasteiger charge is 2.15. The lowest BCUT2D eigenvalue weighted by Crippen LogP contribution is -2.39. The van der Waals surface area contributed by atoms with Crippen molar-refractivity contribution in [3.05, 3.63) is 29.3 Å². The molecule has 0 atom stereocenters. The van der Waals surface area contributed by atoms with Crippen LogP contribution in [0.15, 0.2) is 23.2 Å². The van der Waals surface area contributed by atoms with E-state index in [9.17, 15) is 4.79 Å². The third kappa shape index (κ3) is 11.2. The smallest absolute Gasteiger partial charge is 0.407 e. The number of amides is 1. The second-order valence-corrected chi connectivity index (χ2v) is 7.21. The number of aliphatic imine (C=N–C) groups is 1. The van der Waals surface area contributed by atoms with Gasteiger partial charge in [-0.3, -0.25) is 0 Å². The Bertz CT molecular complexity index is 630. The molecule has 0 aromatic heterocycles. The van der Waals surface area contributed by atoms with Crippen LogP contribution in [-0.4, -0.2) is 44.4 Å². The van der Waals surface area contributed by atoms with Crippen molar-refractivity contribution in [3.63, 3.8) is 0 Å². The van der Waals surface area contributed by atoms with E-state index in [4.69, 9.17) is 9.47 Å². The van der Waals surface area contributed by atoms with Gasteiger partial charge in [0.05, 0.1) is 13.7 Å². The molecular weight excluding hydrogens is 471 g/mol. The molecule has 8 heteroatoms. The van der Waals surface area contributed by atoms with E-state index in [1.165, 1.54) is 0 Å². The van der Waals surface area contributed by atoms with Gasteiger partial charge in [0, 0.05) is 19.6 Å². The molecule has 0 saturated heterocycles. The molecule has 0 radical (unpaired) electrons. The lowest BCUT2D eigenvalue weighted by molar-refractivity contribution is 0.0527. The Labute approximate surface area is 186 Å². The van der Waals surface area contributed by atoms with Crippen LogP contribution in [0, 0.1) is 6.92 Å². The normalized spacial score (nSPS) is 11.3. The van der Waals surface area contributed by atoms with E-state index < -0.39 is 11.7 Å². The molecule has 160 valence electrons. The standard InChI is InChI=1S/C20H34N4O3.HI/c1-7-21-18(22-11-8-12-23-19(25)27-20(3,4)5)24-14-16-9-10-17(26-6)15(2)13-16;/h9-10,13H,7-8,11-12,14H2,1-6H3,(H,23,25)(H2,21,22,24);1H. The van der Waals surface area contributed by atoms with Crippen LogP contribution >= 0.6 is 24.0 Å². The van der Waals surface area contributed by atoms with Crippen molar-refractivity contribution in [2.24, 2.45) is 4.99 Å². The summed E-state index contributed by atoms with van der Waals surface area (Å²) in [6.45, 7) is 12.2. The van der Waals surface area contributed by atoms with Crippen LogP contribution in [-0.2, 0) is 11.3 Å². The Morgan fingerprint density at radius 2 is 1.82 bits per heavy atom. The summed E-state index contributed by atoms with van der Waals surface area (Å²) >= 11 is 0. The Hall–Kier alpha value is -1.71. The highest BCUT2D eigenvalue weighted by molar-refractivity contribution is 14.0. The fourth-order valence-corrected chi connectivity index (χ4v) is 2.35. The molecule has 1 aromatic carbocycles. The first-order valence-electron chi connectivity index (χ1n) is 9.37. The number of guanidine groups is 1. The van der Waals surface area contributed by atoms with Crippen molar-refractivity contribution in [2.45, 2.75) is 53.2 Å². The van der Waals surface area contributed by atoms with Crippen molar-refractivity contribution in [1.29, 1.82) is 0 Å². The van der Waals surface area contributed by atoms with Gasteiger partial charge in [-0.1, -0.05) is 12.1 Å². The summed E-state index contributed by atoms with van der Waals surface area (Å²) in [6.07, 6.45) is 0.378. The van der Waals surface area contributed by atoms with E-state index in [2.05, 4.69) is 27.0 Å². The zero-order chi connectivity index (χ0) is 20.3. The average molecular weight is 506 g/mol. The molecule has 7 nitrogen and oxygen atoms in total. The molecule has 1 amide bonds. The maximum Gasteiger partial charge on any atom is 0.407 e. The maximum absolute atomic E-state index is 11.6. The molecule has 0 aliphatic carbocycles. The van der Waals surface area contributed by atoms with Crippen LogP contribution in [0.2, 0.25) is 0 Å². The molecular formula is C20H35IN4O3. The number of rotatable bonds is 8. The van der Waals surface area contributed by atoms with Crippen molar-refractivity contribution in [2.75, 3.05) is 26.7 Å². The maximum atomic E-state index is 11.6. The molecule has 0 unspecified atom stereocenters. The Morgan fingerprint density at radius 1 is 1.14 bits per heavy atom. The predicted molar refractivity (Wildman–Crippen MR) is 125 cm³/mol. The molecule has 0 aliphatic heterocycles. The van der Waals surface area contributed by atoms with Gasteiger partial charge in [0.1, 0.15) is 11.4 Å². The number of carbonyl (C=O) groups is 1. The quantitative estimate of drug-likeness (QED) is 0.217. The molecule has 3 N–H and O–H groups in total. The Balaban J connectivity index is 0.00000729. The molecule has 0 aliphatic rings. The highest BCUT2D eigenvalue weighted by Crippen LogP contribution is 2.18. The van der Waals surface area contributed by atoms with Gasteiger partial charge >= 0.3 is 6.09 Å². The first-order valence-corrected chi connectivity index (χ1v) is 9.37. The van der Waals surface area contributed by atoms with Crippen LogP contribution in [0.5, 0.6) is 5.75 Å². The van der Waals surface area contributed by atoms with Gasteiger partial charge in [0.15, 0.2) is 5.96 Å². The summed E-state index contributed by atoms with van der Waals surface area (Å²) in [5, 5.41) is 9.24. The number of halogens is 1. The fraction of sp³-hybridized carbons (Fsp3) is 0.600. The molecule has 0 saturated carbocycles. The second kappa shape index (κ2) is 13.5. The molecule has 1 rings (SSSR count). The van der Waals surface area contributed by atoms with Gasteiger partial charge in [-0.25, -0.2) is 9.79 Å². The van der Waals surface area contributed by atoms with Crippen molar-refractivity contribution in [1.82, 2.24) is 16.0 Å². The number of methoxy groups -OCH3 is 1. The van der Waals surface area contributed by atoms with Gasteiger partial charge in [-0.15, -0.1) is 24.0 Å². The summed E-state index contributed by atoms with van der Waals surface area (Å²) in [6, 6.07) is 6.06. The molecule has 0 bridgehead atoms. The number of ether oxygens (including phenoxy) is 2. The zero-order valence-electron chi connectivity index (χ0n) is 17.8. The molecule has 0 heterocycles. The minimum absolute atomic E-state index is 0. The number of hydrogen-bond donors (Lipinski definition) is 3. The summed E-state index contributed by atoms with van der Waals surface area (Å²) in [4.78, 5) is 16.2. The monoisotopic (exact) mass is 506 g/mol. The third-order valence-electron chi connectivity index (χ3n) is 3.54. The van der Waals surface area contributed by atoms with Crippen LogP contribution in [0.3, 0.4) is 0 Å². The molecule has 1 aromatic rings. The minimum atomic E-state index is -0.479. The van der Waals surface area contributed by atoms with E-state index in [0.29, 0.717) is 19.6 Å². The van der Waals surface area contributed by atoms with E-state index >= 15 is 0 Å².